The number of urea groups is 1. The van der Waals surface area contributed by atoms with Crippen LogP contribution >= 0.6 is 0 Å². The van der Waals surface area contributed by atoms with Gasteiger partial charge in [0.1, 0.15) is 5.54 Å². The van der Waals surface area contributed by atoms with Gasteiger partial charge in [-0.15, -0.1) is 0 Å². The summed E-state index contributed by atoms with van der Waals surface area (Å²) >= 11 is 0. The Balaban J connectivity index is 1.98. The molecule has 1 saturated heterocycles. The topological polar surface area (TPSA) is 69.6 Å². The number of rotatable bonds is 4. The van der Waals surface area contributed by atoms with Gasteiger partial charge in [-0.1, -0.05) is 33.1 Å². The lowest BCUT2D eigenvalue weighted by Gasteiger charge is -2.42. The Morgan fingerprint density at radius 1 is 1.14 bits per heavy atom. The largest absolute Gasteiger partial charge is 0.480 e. The second-order valence-corrected chi connectivity index (χ2v) is 6.56. The highest BCUT2D eigenvalue weighted by atomic mass is 16.4. The number of aliphatic carboxylic acids is 1. The zero-order valence-electron chi connectivity index (χ0n) is 13.2. The minimum Gasteiger partial charge on any atom is -0.480 e. The van der Waals surface area contributed by atoms with Crippen molar-refractivity contribution in [1.29, 1.82) is 0 Å². The average molecular weight is 296 g/mol. The van der Waals surface area contributed by atoms with Crippen molar-refractivity contribution in [3.8, 4) is 0 Å². The molecule has 0 spiro atoms. The van der Waals surface area contributed by atoms with Crippen LogP contribution in [0.3, 0.4) is 0 Å². The Kier molecular flexibility index (Phi) is 5.12. The highest BCUT2D eigenvalue weighted by Crippen LogP contribution is 2.36. The molecule has 0 radical (unpaired) electrons. The van der Waals surface area contributed by atoms with E-state index in [4.69, 9.17) is 0 Å². The van der Waals surface area contributed by atoms with E-state index >= 15 is 0 Å². The summed E-state index contributed by atoms with van der Waals surface area (Å²) in [7, 11) is 0. The van der Waals surface area contributed by atoms with Gasteiger partial charge in [-0.2, -0.15) is 0 Å². The van der Waals surface area contributed by atoms with E-state index in [0.29, 0.717) is 18.8 Å². The van der Waals surface area contributed by atoms with E-state index in [1.165, 1.54) is 25.7 Å². The summed E-state index contributed by atoms with van der Waals surface area (Å²) in [6.07, 6.45) is 6.97. The lowest BCUT2D eigenvalue weighted by molar-refractivity contribution is -0.144. The fraction of sp³-hybridized carbons (Fsp3) is 0.875. The van der Waals surface area contributed by atoms with Crippen LogP contribution < -0.4 is 5.32 Å². The minimum atomic E-state index is -1.12. The first-order valence-corrected chi connectivity index (χ1v) is 8.33. The first-order chi connectivity index (χ1) is 10.0. The molecule has 21 heavy (non-hydrogen) atoms. The molecule has 5 nitrogen and oxygen atoms in total. The molecule has 1 saturated carbocycles. The van der Waals surface area contributed by atoms with Gasteiger partial charge in [0.25, 0.3) is 0 Å². The van der Waals surface area contributed by atoms with Gasteiger partial charge in [0.2, 0.25) is 0 Å². The summed E-state index contributed by atoms with van der Waals surface area (Å²) < 4.78 is 0. The van der Waals surface area contributed by atoms with Crippen molar-refractivity contribution in [2.24, 2.45) is 11.8 Å². The molecule has 2 fully saturated rings. The molecule has 0 aromatic rings. The minimum absolute atomic E-state index is 0.204. The Bertz CT molecular complexity index is 393. The normalized spacial score (nSPS) is 26.1. The molecule has 2 aliphatic rings. The molecule has 5 heteroatoms. The fourth-order valence-corrected chi connectivity index (χ4v) is 3.85. The van der Waals surface area contributed by atoms with E-state index in [0.717, 1.165) is 25.4 Å². The van der Waals surface area contributed by atoms with Crippen LogP contribution in [0.25, 0.3) is 0 Å². The summed E-state index contributed by atoms with van der Waals surface area (Å²) in [5.74, 6) is 0.443. The number of carboxylic acid groups (broad SMARTS) is 1. The summed E-state index contributed by atoms with van der Waals surface area (Å²) in [5, 5.41) is 12.2. The predicted molar refractivity (Wildman–Crippen MR) is 81.1 cm³/mol. The molecule has 1 aliphatic carbocycles. The zero-order valence-corrected chi connectivity index (χ0v) is 13.2. The highest BCUT2D eigenvalue weighted by molar-refractivity contribution is 5.86. The number of likely N-dealkylation sites (tertiary alicyclic amines) is 1. The van der Waals surface area contributed by atoms with Crippen molar-refractivity contribution >= 4 is 12.0 Å². The molecule has 2 unspecified atom stereocenters. The second kappa shape index (κ2) is 6.67. The van der Waals surface area contributed by atoms with Crippen molar-refractivity contribution in [2.45, 2.75) is 64.3 Å². The Hall–Kier alpha value is -1.26. The number of carbonyl (C=O) groups excluding carboxylic acids is 1. The Morgan fingerprint density at radius 2 is 1.76 bits per heavy atom. The van der Waals surface area contributed by atoms with Gasteiger partial charge in [0, 0.05) is 13.1 Å². The van der Waals surface area contributed by atoms with E-state index in [-0.39, 0.29) is 6.03 Å². The zero-order chi connectivity index (χ0) is 15.5. The summed E-state index contributed by atoms with van der Waals surface area (Å²) in [6, 6.07) is -0.204. The quantitative estimate of drug-likeness (QED) is 0.838. The van der Waals surface area contributed by atoms with E-state index in [2.05, 4.69) is 5.32 Å². The van der Waals surface area contributed by atoms with Gasteiger partial charge in [-0.25, -0.2) is 9.59 Å². The number of nitrogens with zero attached hydrogens (tertiary/aromatic N) is 1. The average Bonchev–Trinajstić information content (AvgIpc) is 2.51. The van der Waals surface area contributed by atoms with Gasteiger partial charge in [0.05, 0.1) is 0 Å². The van der Waals surface area contributed by atoms with Gasteiger partial charge >= 0.3 is 12.0 Å². The highest BCUT2D eigenvalue weighted by Gasteiger charge is 2.39. The van der Waals surface area contributed by atoms with Crippen molar-refractivity contribution in [1.82, 2.24) is 10.2 Å². The van der Waals surface area contributed by atoms with E-state index in [9.17, 15) is 14.7 Å². The van der Waals surface area contributed by atoms with E-state index < -0.39 is 11.5 Å². The number of carboxylic acids is 1. The van der Waals surface area contributed by atoms with Gasteiger partial charge < -0.3 is 15.3 Å². The van der Waals surface area contributed by atoms with Gasteiger partial charge in [-0.05, 0) is 37.5 Å². The summed E-state index contributed by atoms with van der Waals surface area (Å²) in [5.41, 5.74) is -1.12. The molecule has 2 N–H and O–H groups in total. The van der Waals surface area contributed by atoms with Crippen LogP contribution in [0.4, 0.5) is 4.79 Å². The maximum Gasteiger partial charge on any atom is 0.329 e. The third-order valence-corrected chi connectivity index (χ3v) is 5.54. The molecule has 0 aromatic heterocycles. The maximum atomic E-state index is 12.5. The van der Waals surface area contributed by atoms with Crippen LogP contribution in [0, 0.1) is 11.8 Å². The predicted octanol–water partition coefficient (Wildman–Crippen LogP) is 2.85. The molecule has 1 aliphatic heterocycles. The van der Waals surface area contributed by atoms with E-state index in [1.54, 1.807) is 0 Å². The number of fused-ring (bicyclic) bond motifs is 1. The molecule has 0 bridgehead atoms. The first kappa shape index (κ1) is 16.1. The van der Waals surface area contributed by atoms with Crippen LogP contribution in [0.1, 0.15) is 58.8 Å². The van der Waals surface area contributed by atoms with Gasteiger partial charge in [-0.3, -0.25) is 0 Å². The number of nitrogens with one attached hydrogen (secondary N) is 1. The SMILES string of the molecule is CCC(CC)(NC(=O)N1CCC2CCCCC2C1)C(=O)O. The second-order valence-electron chi connectivity index (χ2n) is 6.56. The number of piperidine rings is 1. The molecule has 2 atom stereocenters. The number of hydrogen-bond donors (Lipinski definition) is 2. The molecule has 120 valence electrons. The van der Waals surface area contributed by atoms with Crippen LogP contribution in [0.5, 0.6) is 0 Å². The maximum absolute atomic E-state index is 12.5. The number of hydrogen-bond acceptors (Lipinski definition) is 2. The monoisotopic (exact) mass is 296 g/mol. The summed E-state index contributed by atoms with van der Waals surface area (Å²) in [4.78, 5) is 25.8. The van der Waals surface area contributed by atoms with Crippen molar-refractivity contribution in [3.63, 3.8) is 0 Å². The third kappa shape index (κ3) is 3.33. The van der Waals surface area contributed by atoms with Crippen LogP contribution in [0.2, 0.25) is 0 Å². The van der Waals surface area contributed by atoms with Crippen molar-refractivity contribution in [2.75, 3.05) is 13.1 Å². The van der Waals surface area contributed by atoms with E-state index in [1.807, 2.05) is 18.7 Å². The first-order valence-electron chi connectivity index (χ1n) is 8.33. The Morgan fingerprint density at radius 3 is 2.33 bits per heavy atom. The molecular formula is C16H28N2O3. The number of carbonyl (C=O) groups is 2. The lowest BCUT2D eigenvalue weighted by atomic mass is 9.75. The molecule has 2 rings (SSSR count). The van der Waals surface area contributed by atoms with Crippen molar-refractivity contribution in [3.05, 3.63) is 0 Å². The molecule has 0 aromatic carbocycles. The number of amides is 2. The third-order valence-electron chi connectivity index (χ3n) is 5.54. The lowest BCUT2D eigenvalue weighted by Crippen LogP contribution is -2.59. The van der Waals surface area contributed by atoms with Crippen molar-refractivity contribution < 1.29 is 14.7 Å². The Labute approximate surface area is 127 Å². The molecule has 2 amide bonds. The van der Waals surface area contributed by atoms with Crippen LogP contribution in [-0.2, 0) is 4.79 Å². The molecular weight excluding hydrogens is 268 g/mol. The van der Waals surface area contributed by atoms with Crippen LogP contribution in [0.15, 0.2) is 0 Å². The summed E-state index contributed by atoms with van der Waals surface area (Å²) in [6.45, 7) is 5.17. The van der Waals surface area contributed by atoms with Gasteiger partial charge in [0.15, 0.2) is 0 Å². The smallest absolute Gasteiger partial charge is 0.329 e. The fourth-order valence-electron chi connectivity index (χ4n) is 3.85. The molecule has 1 heterocycles. The van der Waals surface area contributed by atoms with Crippen LogP contribution in [-0.4, -0.2) is 40.6 Å². The standard InChI is InChI=1S/C16H28N2O3/c1-3-16(4-2,14(19)20)17-15(21)18-10-9-12-7-5-6-8-13(12)11-18/h12-13H,3-11H2,1-2H3,(H,17,21)(H,19,20).